The number of anilines is 2. The Bertz CT molecular complexity index is 1520. The van der Waals surface area contributed by atoms with Gasteiger partial charge in [0.25, 0.3) is 5.91 Å². The van der Waals surface area contributed by atoms with E-state index in [1.54, 1.807) is 78.9 Å². The van der Waals surface area contributed by atoms with Crippen molar-refractivity contribution >= 4 is 41.3 Å². The standard InChI is InChI=1S/C30H24N4O5/c1-20-11-15-23(16-12-20)32-27(35)25-9-5-6-10-26(25)33-28(36)29(37)34-31-19-21-13-17-24(18-14-21)39-30(38)22-7-3-2-4-8-22/h2-19H,1H3,(H,32,35)(H,33,36)(H,34,37)/b31-19-. The van der Waals surface area contributed by atoms with Crippen LogP contribution in [-0.2, 0) is 9.59 Å². The molecule has 0 unspecified atom stereocenters. The van der Waals surface area contributed by atoms with Crippen molar-refractivity contribution in [3.05, 3.63) is 125 Å². The Hall–Kier alpha value is -5.57. The molecule has 9 heteroatoms. The van der Waals surface area contributed by atoms with Gasteiger partial charge in [-0.25, -0.2) is 10.2 Å². The number of hydrazone groups is 1. The van der Waals surface area contributed by atoms with Gasteiger partial charge >= 0.3 is 17.8 Å². The van der Waals surface area contributed by atoms with Gasteiger partial charge in [-0.3, -0.25) is 14.4 Å². The van der Waals surface area contributed by atoms with E-state index < -0.39 is 23.7 Å². The summed E-state index contributed by atoms with van der Waals surface area (Å²) in [5.41, 5.74) is 5.18. The summed E-state index contributed by atoms with van der Waals surface area (Å²) in [6.45, 7) is 1.94. The Morgan fingerprint density at radius 1 is 0.718 bits per heavy atom. The molecule has 3 amide bonds. The Balaban J connectivity index is 1.30. The summed E-state index contributed by atoms with van der Waals surface area (Å²) in [6.07, 6.45) is 1.33. The van der Waals surface area contributed by atoms with Crippen LogP contribution in [0.15, 0.2) is 108 Å². The number of ether oxygens (including phenoxy) is 1. The normalized spacial score (nSPS) is 10.5. The monoisotopic (exact) mass is 520 g/mol. The summed E-state index contributed by atoms with van der Waals surface area (Å²) in [4.78, 5) is 49.5. The van der Waals surface area contributed by atoms with Crippen molar-refractivity contribution in [2.24, 2.45) is 5.10 Å². The van der Waals surface area contributed by atoms with E-state index in [1.807, 2.05) is 19.1 Å². The molecular formula is C30H24N4O5. The number of carbonyl (C=O) groups excluding carboxylic acids is 4. The molecule has 3 N–H and O–H groups in total. The predicted octanol–water partition coefficient (Wildman–Crippen LogP) is 4.56. The van der Waals surface area contributed by atoms with Crippen molar-refractivity contribution in [2.75, 3.05) is 10.6 Å². The van der Waals surface area contributed by atoms with Crippen molar-refractivity contribution in [1.29, 1.82) is 0 Å². The number of amides is 3. The highest BCUT2D eigenvalue weighted by Crippen LogP contribution is 2.18. The van der Waals surface area contributed by atoms with Gasteiger partial charge in [-0.05, 0) is 73.2 Å². The fraction of sp³-hybridized carbons (Fsp3) is 0.0333. The first kappa shape index (κ1) is 26.5. The van der Waals surface area contributed by atoms with E-state index in [4.69, 9.17) is 4.74 Å². The van der Waals surface area contributed by atoms with Gasteiger partial charge in [0.2, 0.25) is 0 Å². The number of benzene rings is 4. The number of rotatable bonds is 7. The van der Waals surface area contributed by atoms with Crippen molar-refractivity contribution < 1.29 is 23.9 Å². The van der Waals surface area contributed by atoms with Crippen LogP contribution < -0.4 is 20.8 Å². The first-order chi connectivity index (χ1) is 18.9. The van der Waals surface area contributed by atoms with Gasteiger partial charge in [0, 0.05) is 5.69 Å². The van der Waals surface area contributed by atoms with E-state index >= 15 is 0 Å². The molecule has 0 heterocycles. The second kappa shape index (κ2) is 12.6. The maximum Gasteiger partial charge on any atom is 0.343 e. The average Bonchev–Trinajstić information content (AvgIpc) is 2.95. The fourth-order valence-electron chi connectivity index (χ4n) is 3.38. The van der Waals surface area contributed by atoms with Crippen LogP contribution in [0, 0.1) is 6.92 Å². The summed E-state index contributed by atoms with van der Waals surface area (Å²) in [7, 11) is 0. The zero-order valence-corrected chi connectivity index (χ0v) is 20.9. The van der Waals surface area contributed by atoms with E-state index in [0.29, 0.717) is 22.6 Å². The highest BCUT2D eigenvalue weighted by molar-refractivity contribution is 6.40. The predicted molar refractivity (Wildman–Crippen MR) is 148 cm³/mol. The van der Waals surface area contributed by atoms with Gasteiger partial charge in [-0.15, -0.1) is 0 Å². The van der Waals surface area contributed by atoms with Crippen molar-refractivity contribution in [2.45, 2.75) is 6.92 Å². The molecule has 0 aliphatic rings. The van der Waals surface area contributed by atoms with Gasteiger partial charge in [-0.1, -0.05) is 48.0 Å². The summed E-state index contributed by atoms with van der Waals surface area (Å²) in [6, 6.07) is 28.6. The second-order valence-corrected chi connectivity index (χ2v) is 8.34. The lowest BCUT2D eigenvalue weighted by atomic mass is 10.1. The molecule has 0 fully saturated rings. The number of esters is 1. The van der Waals surface area contributed by atoms with Gasteiger partial charge in [0.1, 0.15) is 5.75 Å². The molecule has 0 aromatic heterocycles. The van der Waals surface area contributed by atoms with Crippen LogP contribution in [0.1, 0.15) is 31.8 Å². The smallest absolute Gasteiger partial charge is 0.343 e. The average molecular weight is 521 g/mol. The Labute approximate surface area is 224 Å². The van der Waals surface area contributed by atoms with Crippen LogP contribution in [0.4, 0.5) is 11.4 Å². The molecule has 4 aromatic carbocycles. The molecule has 0 radical (unpaired) electrons. The van der Waals surface area contributed by atoms with Crippen LogP contribution in [-0.4, -0.2) is 29.9 Å². The molecule has 39 heavy (non-hydrogen) atoms. The van der Waals surface area contributed by atoms with E-state index in [0.717, 1.165) is 5.56 Å². The maximum absolute atomic E-state index is 12.7. The minimum atomic E-state index is -1.02. The molecule has 0 saturated heterocycles. The number of hydrogen-bond donors (Lipinski definition) is 3. The zero-order valence-electron chi connectivity index (χ0n) is 20.9. The van der Waals surface area contributed by atoms with Crippen LogP contribution in [0.3, 0.4) is 0 Å². The third-order valence-corrected chi connectivity index (χ3v) is 5.42. The Morgan fingerprint density at radius 3 is 2.10 bits per heavy atom. The quantitative estimate of drug-likeness (QED) is 0.108. The van der Waals surface area contributed by atoms with Gasteiger partial charge in [-0.2, -0.15) is 5.10 Å². The van der Waals surface area contributed by atoms with Crippen molar-refractivity contribution in [1.82, 2.24) is 5.43 Å². The van der Waals surface area contributed by atoms with E-state index in [9.17, 15) is 19.2 Å². The second-order valence-electron chi connectivity index (χ2n) is 8.34. The summed E-state index contributed by atoms with van der Waals surface area (Å²) >= 11 is 0. The summed E-state index contributed by atoms with van der Waals surface area (Å²) in [5, 5.41) is 8.99. The molecular weight excluding hydrogens is 496 g/mol. The van der Waals surface area contributed by atoms with Crippen LogP contribution in [0.25, 0.3) is 0 Å². The zero-order chi connectivity index (χ0) is 27.6. The third-order valence-electron chi connectivity index (χ3n) is 5.42. The topological polar surface area (TPSA) is 126 Å². The molecule has 0 aliphatic heterocycles. The minimum Gasteiger partial charge on any atom is -0.423 e. The number of nitrogens with zero attached hydrogens (tertiary/aromatic N) is 1. The lowest BCUT2D eigenvalue weighted by Crippen LogP contribution is -2.33. The number of hydrogen-bond acceptors (Lipinski definition) is 6. The van der Waals surface area contributed by atoms with E-state index in [1.165, 1.54) is 18.3 Å². The largest absolute Gasteiger partial charge is 0.423 e. The van der Waals surface area contributed by atoms with Crippen LogP contribution >= 0.6 is 0 Å². The van der Waals surface area contributed by atoms with Crippen LogP contribution in [0.5, 0.6) is 5.75 Å². The Kier molecular flexibility index (Phi) is 8.56. The fourth-order valence-corrected chi connectivity index (χ4v) is 3.38. The molecule has 0 spiro atoms. The van der Waals surface area contributed by atoms with Gasteiger partial charge in [0.05, 0.1) is 23.0 Å². The molecule has 0 atom stereocenters. The third kappa shape index (κ3) is 7.46. The summed E-state index contributed by atoms with van der Waals surface area (Å²) < 4.78 is 5.32. The number of aryl methyl sites for hydroxylation is 1. The first-order valence-corrected chi connectivity index (χ1v) is 11.9. The van der Waals surface area contributed by atoms with Crippen molar-refractivity contribution in [3.8, 4) is 5.75 Å². The lowest BCUT2D eigenvalue weighted by molar-refractivity contribution is -0.136. The molecule has 4 aromatic rings. The molecule has 0 saturated carbocycles. The maximum atomic E-state index is 12.7. The highest BCUT2D eigenvalue weighted by atomic mass is 16.5. The highest BCUT2D eigenvalue weighted by Gasteiger charge is 2.18. The molecule has 194 valence electrons. The SMILES string of the molecule is Cc1ccc(NC(=O)c2ccccc2NC(=O)C(=O)N/N=C\c2ccc(OC(=O)c3ccccc3)cc2)cc1. The van der Waals surface area contributed by atoms with Gasteiger partial charge in [0.15, 0.2) is 0 Å². The molecule has 4 rings (SSSR count). The van der Waals surface area contributed by atoms with Crippen molar-refractivity contribution in [3.63, 3.8) is 0 Å². The van der Waals surface area contributed by atoms with E-state index in [-0.39, 0.29) is 11.3 Å². The first-order valence-electron chi connectivity index (χ1n) is 11.9. The summed E-state index contributed by atoms with van der Waals surface area (Å²) in [5.74, 6) is -2.59. The number of para-hydroxylation sites is 1. The molecule has 0 bridgehead atoms. The lowest BCUT2D eigenvalue weighted by Gasteiger charge is -2.11. The Morgan fingerprint density at radius 2 is 1.38 bits per heavy atom. The number of nitrogens with one attached hydrogen (secondary N) is 3. The number of carbonyl (C=O) groups is 4. The molecule has 9 nitrogen and oxygen atoms in total. The van der Waals surface area contributed by atoms with E-state index in [2.05, 4.69) is 21.2 Å². The minimum absolute atomic E-state index is 0.173. The van der Waals surface area contributed by atoms with Gasteiger partial charge < -0.3 is 15.4 Å². The molecule has 0 aliphatic carbocycles. The van der Waals surface area contributed by atoms with Crippen LogP contribution in [0.2, 0.25) is 0 Å².